The Hall–Kier alpha value is -2.90. The van der Waals surface area contributed by atoms with Crippen molar-refractivity contribution in [3.63, 3.8) is 0 Å². The SMILES string of the molecule is COc1ccc(-c2nc(NCCCN3CCOCC3)c3ccccc3n2)cc1O. The summed E-state index contributed by atoms with van der Waals surface area (Å²) in [6.45, 7) is 5.51. The van der Waals surface area contributed by atoms with E-state index in [1.165, 1.54) is 7.11 Å². The van der Waals surface area contributed by atoms with Crippen molar-refractivity contribution in [1.29, 1.82) is 0 Å². The fourth-order valence-electron chi connectivity index (χ4n) is 3.50. The van der Waals surface area contributed by atoms with E-state index in [1.807, 2.05) is 30.3 Å². The van der Waals surface area contributed by atoms with E-state index in [1.54, 1.807) is 12.1 Å². The van der Waals surface area contributed by atoms with Crippen molar-refractivity contribution in [1.82, 2.24) is 14.9 Å². The molecule has 7 nitrogen and oxygen atoms in total. The number of morpholine rings is 1. The molecule has 1 aromatic heterocycles. The highest BCUT2D eigenvalue weighted by Gasteiger charge is 2.12. The van der Waals surface area contributed by atoms with Gasteiger partial charge in [0.15, 0.2) is 17.3 Å². The minimum atomic E-state index is 0.0711. The molecule has 0 unspecified atom stereocenters. The number of ether oxygens (including phenoxy) is 2. The molecule has 0 atom stereocenters. The lowest BCUT2D eigenvalue weighted by Gasteiger charge is -2.26. The number of para-hydroxylation sites is 1. The van der Waals surface area contributed by atoms with Gasteiger partial charge in [0.1, 0.15) is 5.82 Å². The number of hydrogen-bond donors (Lipinski definition) is 2. The minimum absolute atomic E-state index is 0.0711. The minimum Gasteiger partial charge on any atom is -0.504 e. The van der Waals surface area contributed by atoms with Crippen LogP contribution in [0.5, 0.6) is 11.5 Å². The fourth-order valence-corrected chi connectivity index (χ4v) is 3.50. The maximum atomic E-state index is 10.1. The van der Waals surface area contributed by atoms with Crippen LogP contribution in [0.1, 0.15) is 6.42 Å². The van der Waals surface area contributed by atoms with Gasteiger partial charge in [-0.1, -0.05) is 12.1 Å². The molecular weight excluding hydrogens is 368 g/mol. The standard InChI is InChI=1S/C22H26N4O3/c1-28-20-8-7-16(15-19(20)27)21-24-18-6-3-2-5-17(18)22(25-21)23-9-4-10-26-11-13-29-14-12-26/h2-3,5-8,15,27H,4,9-14H2,1H3,(H,23,24,25). The van der Waals surface area contributed by atoms with Gasteiger partial charge in [-0.2, -0.15) is 0 Å². The summed E-state index contributed by atoms with van der Waals surface area (Å²) in [4.78, 5) is 11.8. The molecule has 1 saturated heterocycles. The zero-order valence-corrected chi connectivity index (χ0v) is 16.6. The molecule has 4 rings (SSSR count). The normalized spacial score (nSPS) is 14.8. The summed E-state index contributed by atoms with van der Waals surface area (Å²) < 4.78 is 10.5. The molecule has 2 N–H and O–H groups in total. The second-order valence-electron chi connectivity index (χ2n) is 7.03. The molecule has 7 heteroatoms. The predicted octanol–water partition coefficient (Wildman–Crippen LogP) is 3.15. The van der Waals surface area contributed by atoms with Crippen LogP contribution in [0.2, 0.25) is 0 Å². The first kappa shape index (κ1) is 19.4. The topological polar surface area (TPSA) is 79.7 Å². The summed E-state index contributed by atoms with van der Waals surface area (Å²) in [5.41, 5.74) is 1.61. The summed E-state index contributed by atoms with van der Waals surface area (Å²) in [6, 6.07) is 13.2. The van der Waals surface area contributed by atoms with Crippen LogP contribution in [0, 0.1) is 0 Å². The van der Waals surface area contributed by atoms with Crippen LogP contribution in [-0.4, -0.2) is 66.5 Å². The summed E-state index contributed by atoms with van der Waals surface area (Å²) in [6.07, 6.45) is 1.02. The lowest BCUT2D eigenvalue weighted by Crippen LogP contribution is -2.37. The number of methoxy groups -OCH3 is 1. The number of aromatic hydroxyl groups is 1. The van der Waals surface area contributed by atoms with Gasteiger partial charge in [0.25, 0.3) is 0 Å². The zero-order chi connectivity index (χ0) is 20.1. The number of nitrogens with zero attached hydrogens (tertiary/aromatic N) is 3. The number of hydrogen-bond acceptors (Lipinski definition) is 7. The number of benzene rings is 2. The van der Waals surface area contributed by atoms with E-state index in [2.05, 4.69) is 15.2 Å². The summed E-state index contributed by atoms with van der Waals surface area (Å²) in [7, 11) is 1.53. The predicted molar refractivity (Wildman–Crippen MR) is 114 cm³/mol. The van der Waals surface area contributed by atoms with Crippen molar-refractivity contribution >= 4 is 16.7 Å². The van der Waals surface area contributed by atoms with Gasteiger partial charge in [-0.15, -0.1) is 0 Å². The van der Waals surface area contributed by atoms with Gasteiger partial charge < -0.3 is 19.9 Å². The Morgan fingerprint density at radius 1 is 1.14 bits per heavy atom. The third-order valence-electron chi connectivity index (χ3n) is 5.09. The van der Waals surface area contributed by atoms with Crippen molar-refractivity contribution in [3.8, 4) is 22.9 Å². The smallest absolute Gasteiger partial charge is 0.162 e. The van der Waals surface area contributed by atoms with Crippen LogP contribution in [-0.2, 0) is 4.74 Å². The molecule has 1 aliphatic heterocycles. The van der Waals surface area contributed by atoms with Crippen molar-refractivity contribution < 1.29 is 14.6 Å². The number of nitrogens with one attached hydrogen (secondary N) is 1. The Labute approximate surface area is 170 Å². The summed E-state index contributed by atoms with van der Waals surface area (Å²) >= 11 is 0. The van der Waals surface area contributed by atoms with Gasteiger partial charge in [-0.3, -0.25) is 4.90 Å². The zero-order valence-electron chi connectivity index (χ0n) is 16.6. The molecule has 0 saturated carbocycles. The highest BCUT2D eigenvalue weighted by Crippen LogP contribution is 2.31. The van der Waals surface area contributed by atoms with Gasteiger partial charge in [0.05, 0.1) is 25.8 Å². The lowest BCUT2D eigenvalue weighted by molar-refractivity contribution is 0.0378. The van der Waals surface area contributed by atoms with E-state index >= 15 is 0 Å². The van der Waals surface area contributed by atoms with Crippen molar-refractivity contribution in [2.75, 3.05) is 51.8 Å². The van der Waals surface area contributed by atoms with Crippen molar-refractivity contribution in [3.05, 3.63) is 42.5 Å². The molecule has 0 aliphatic carbocycles. The van der Waals surface area contributed by atoms with E-state index < -0.39 is 0 Å². The second kappa shape index (κ2) is 9.07. The van der Waals surface area contributed by atoms with E-state index in [4.69, 9.17) is 14.5 Å². The molecule has 2 aromatic carbocycles. The van der Waals surface area contributed by atoms with Gasteiger partial charge in [-0.25, -0.2) is 9.97 Å². The number of rotatable bonds is 7. The molecule has 0 spiro atoms. The summed E-state index contributed by atoms with van der Waals surface area (Å²) in [5, 5.41) is 14.6. The van der Waals surface area contributed by atoms with E-state index in [-0.39, 0.29) is 5.75 Å². The third-order valence-corrected chi connectivity index (χ3v) is 5.09. The van der Waals surface area contributed by atoms with Gasteiger partial charge in [0.2, 0.25) is 0 Å². The maximum absolute atomic E-state index is 10.1. The lowest BCUT2D eigenvalue weighted by atomic mass is 10.1. The van der Waals surface area contributed by atoms with Gasteiger partial charge in [-0.05, 0) is 43.3 Å². The molecule has 29 heavy (non-hydrogen) atoms. The monoisotopic (exact) mass is 394 g/mol. The first-order valence-electron chi connectivity index (χ1n) is 9.93. The Bertz CT molecular complexity index is 973. The Balaban J connectivity index is 1.53. The van der Waals surface area contributed by atoms with Crippen LogP contribution in [0.15, 0.2) is 42.5 Å². The van der Waals surface area contributed by atoms with E-state index in [0.29, 0.717) is 11.6 Å². The first-order valence-corrected chi connectivity index (χ1v) is 9.93. The third kappa shape index (κ3) is 4.58. The molecule has 0 bridgehead atoms. The highest BCUT2D eigenvalue weighted by molar-refractivity contribution is 5.90. The number of fused-ring (bicyclic) bond motifs is 1. The van der Waals surface area contributed by atoms with Crippen LogP contribution < -0.4 is 10.1 Å². The highest BCUT2D eigenvalue weighted by atomic mass is 16.5. The molecular formula is C22H26N4O3. The summed E-state index contributed by atoms with van der Waals surface area (Å²) in [5.74, 6) is 1.87. The molecule has 1 aliphatic rings. The van der Waals surface area contributed by atoms with Crippen LogP contribution in [0.3, 0.4) is 0 Å². The Morgan fingerprint density at radius 3 is 2.76 bits per heavy atom. The average Bonchev–Trinajstić information content (AvgIpc) is 2.77. The quantitative estimate of drug-likeness (QED) is 0.596. The Morgan fingerprint density at radius 2 is 1.97 bits per heavy atom. The van der Waals surface area contributed by atoms with Crippen LogP contribution in [0.25, 0.3) is 22.3 Å². The van der Waals surface area contributed by atoms with Gasteiger partial charge >= 0.3 is 0 Å². The van der Waals surface area contributed by atoms with Crippen LogP contribution >= 0.6 is 0 Å². The molecule has 1 fully saturated rings. The molecule has 2 heterocycles. The van der Waals surface area contributed by atoms with E-state index in [0.717, 1.165) is 68.1 Å². The molecule has 0 radical (unpaired) electrons. The molecule has 152 valence electrons. The van der Waals surface area contributed by atoms with Crippen molar-refractivity contribution in [2.45, 2.75) is 6.42 Å². The number of phenols is 1. The van der Waals surface area contributed by atoms with Crippen molar-refractivity contribution in [2.24, 2.45) is 0 Å². The largest absolute Gasteiger partial charge is 0.504 e. The average molecular weight is 394 g/mol. The fraction of sp³-hybridized carbons (Fsp3) is 0.364. The number of anilines is 1. The maximum Gasteiger partial charge on any atom is 0.162 e. The van der Waals surface area contributed by atoms with Gasteiger partial charge in [0, 0.05) is 30.6 Å². The molecule has 3 aromatic rings. The molecule has 0 amide bonds. The Kier molecular flexibility index (Phi) is 6.07. The second-order valence-corrected chi connectivity index (χ2v) is 7.03. The van der Waals surface area contributed by atoms with E-state index in [9.17, 15) is 5.11 Å². The first-order chi connectivity index (χ1) is 14.2. The number of aromatic nitrogens is 2. The van der Waals surface area contributed by atoms with Crippen LogP contribution in [0.4, 0.5) is 5.82 Å². The number of phenolic OH excluding ortho intramolecular Hbond substituents is 1.